The standard InChI is InChI=1S/C62H48N2O2/c1-5-14-53(62(2,3)4)42-32-40(38-23-27-58-49(34-38)51-36-43(25-29-60(51)65-58)63-54-19-10-6-15-45(54)46-16-7-11-20-55(46)63)31-41(33-42)39-24-28-59-50(35-39)52-37-44(26-30-61(52)66-59)64-56-21-12-8-17-47(56)48-18-9-13-22-57(48)64/h6-13,15-37,53H,5,14H2,1-4H3. The molecular weight excluding hydrogens is 805 g/mol. The molecule has 1 atom stereocenters. The Labute approximate surface area is 382 Å². The second-order valence-corrected chi connectivity index (χ2v) is 19.3. The third-order valence-electron chi connectivity index (χ3n) is 14.2. The summed E-state index contributed by atoms with van der Waals surface area (Å²) in [6.07, 6.45) is 2.23. The summed E-state index contributed by atoms with van der Waals surface area (Å²) in [6.45, 7) is 9.46. The molecule has 4 aromatic heterocycles. The fraction of sp³-hybridized carbons (Fsp3) is 0.129. The number of nitrogens with zero attached hydrogens (tertiary/aromatic N) is 2. The number of benzene rings is 9. The van der Waals surface area contributed by atoms with Gasteiger partial charge in [-0.15, -0.1) is 0 Å². The van der Waals surface area contributed by atoms with Gasteiger partial charge in [0.05, 0.1) is 22.1 Å². The molecule has 0 N–H and O–H groups in total. The molecule has 0 spiro atoms. The molecule has 1 unspecified atom stereocenters. The highest BCUT2D eigenvalue weighted by atomic mass is 16.3. The molecule has 0 bridgehead atoms. The van der Waals surface area contributed by atoms with E-state index in [0.29, 0.717) is 5.92 Å². The van der Waals surface area contributed by atoms with E-state index in [-0.39, 0.29) is 5.41 Å². The maximum Gasteiger partial charge on any atom is 0.135 e. The zero-order valence-corrected chi connectivity index (χ0v) is 37.6. The number of fused-ring (bicyclic) bond motifs is 12. The van der Waals surface area contributed by atoms with Crippen LogP contribution in [0.4, 0.5) is 0 Å². The van der Waals surface area contributed by atoms with Gasteiger partial charge in [0, 0.05) is 54.5 Å². The number of aromatic nitrogens is 2. The zero-order chi connectivity index (χ0) is 44.3. The molecule has 0 aliphatic carbocycles. The summed E-state index contributed by atoms with van der Waals surface area (Å²) in [7, 11) is 0. The molecule has 4 heterocycles. The van der Waals surface area contributed by atoms with Gasteiger partial charge < -0.3 is 18.0 Å². The predicted molar refractivity (Wildman–Crippen MR) is 278 cm³/mol. The Kier molecular flexibility index (Phi) is 8.54. The summed E-state index contributed by atoms with van der Waals surface area (Å²) in [4.78, 5) is 0. The van der Waals surface area contributed by atoms with Gasteiger partial charge in [-0.05, 0) is 137 Å². The van der Waals surface area contributed by atoms with Crippen molar-refractivity contribution in [1.29, 1.82) is 0 Å². The van der Waals surface area contributed by atoms with Crippen LogP contribution < -0.4 is 0 Å². The van der Waals surface area contributed by atoms with E-state index in [4.69, 9.17) is 8.83 Å². The number of furan rings is 2. The molecule has 4 nitrogen and oxygen atoms in total. The van der Waals surface area contributed by atoms with E-state index in [1.54, 1.807) is 0 Å². The van der Waals surface area contributed by atoms with Crippen LogP contribution in [0.15, 0.2) is 197 Å². The second kappa shape index (κ2) is 14.6. The van der Waals surface area contributed by atoms with Crippen molar-refractivity contribution in [3.8, 4) is 33.6 Å². The van der Waals surface area contributed by atoms with Crippen LogP contribution in [-0.2, 0) is 0 Å². The van der Waals surface area contributed by atoms with E-state index < -0.39 is 0 Å². The molecule has 66 heavy (non-hydrogen) atoms. The minimum absolute atomic E-state index is 0.0771. The van der Waals surface area contributed by atoms with E-state index in [9.17, 15) is 0 Å². The molecule has 0 aliphatic heterocycles. The Morgan fingerprint density at radius 1 is 0.379 bits per heavy atom. The smallest absolute Gasteiger partial charge is 0.135 e. The molecule has 318 valence electrons. The van der Waals surface area contributed by atoms with Crippen LogP contribution in [0.2, 0.25) is 0 Å². The van der Waals surface area contributed by atoms with E-state index >= 15 is 0 Å². The highest BCUT2D eigenvalue weighted by Gasteiger charge is 2.27. The van der Waals surface area contributed by atoms with Gasteiger partial charge in [-0.1, -0.05) is 131 Å². The van der Waals surface area contributed by atoms with Gasteiger partial charge in [-0.25, -0.2) is 0 Å². The maximum atomic E-state index is 6.55. The summed E-state index contributed by atoms with van der Waals surface area (Å²) < 4.78 is 17.9. The van der Waals surface area contributed by atoms with Crippen molar-refractivity contribution in [1.82, 2.24) is 9.13 Å². The lowest BCUT2D eigenvalue weighted by atomic mass is 9.73. The highest BCUT2D eigenvalue weighted by Crippen LogP contribution is 2.44. The van der Waals surface area contributed by atoms with Gasteiger partial charge in [0.25, 0.3) is 0 Å². The predicted octanol–water partition coefficient (Wildman–Crippen LogP) is 17.9. The summed E-state index contributed by atoms with van der Waals surface area (Å²) >= 11 is 0. The van der Waals surface area contributed by atoms with Crippen LogP contribution in [0.3, 0.4) is 0 Å². The van der Waals surface area contributed by atoms with Crippen molar-refractivity contribution < 1.29 is 8.83 Å². The fourth-order valence-corrected chi connectivity index (χ4v) is 11.1. The lowest BCUT2D eigenvalue weighted by Gasteiger charge is -2.32. The molecule has 0 saturated carbocycles. The number of rotatable bonds is 7. The molecule has 13 aromatic rings. The monoisotopic (exact) mass is 852 g/mol. The van der Waals surface area contributed by atoms with Crippen LogP contribution in [0, 0.1) is 5.41 Å². The Morgan fingerprint density at radius 3 is 1.12 bits per heavy atom. The third kappa shape index (κ3) is 5.98. The molecule has 9 aromatic carbocycles. The molecule has 0 fully saturated rings. The topological polar surface area (TPSA) is 36.1 Å². The highest BCUT2D eigenvalue weighted by molar-refractivity contribution is 6.13. The Bertz CT molecular complexity index is 3710. The zero-order valence-electron chi connectivity index (χ0n) is 37.6. The Hall–Kier alpha value is -7.82. The third-order valence-corrected chi connectivity index (χ3v) is 14.2. The fourth-order valence-electron chi connectivity index (χ4n) is 11.1. The molecule has 0 aliphatic rings. The summed E-state index contributed by atoms with van der Waals surface area (Å²) in [5.41, 5.74) is 16.8. The number of para-hydroxylation sites is 4. The van der Waals surface area contributed by atoms with Crippen LogP contribution in [-0.4, -0.2) is 9.13 Å². The Balaban J connectivity index is 0.969. The first-order chi connectivity index (χ1) is 32.3. The summed E-state index contributed by atoms with van der Waals surface area (Å²) in [5.74, 6) is 0.376. The maximum absolute atomic E-state index is 6.55. The lowest BCUT2D eigenvalue weighted by molar-refractivity contribution is 0.303. The van der Waals surface area contributed by atoms with Gasteiger partial charge in [0.2, 0.25) is 0 Å². The minimum Gasteiger partial charge on any atom is -0.456 e. The SMILES string of the molecule is CCCC(c1cc(-c2ccc3oc4ccc(-n5c6ccccc6c6ccccc65)cc4c3c2)cc(-c2ccc3oc4ccc(-n5c6ccccc6c6ccccc65)cc4c3c2)c1)C(C)(C)C. The van der Waals surface area contributed by atoms with Crippen LogP contribution in [0.5, 0.6) is 0 Å². The van der Waals surface area contributed by atoms with E-state index in [1.165, 1.54) is 71.4 Å². The minimum atomic E-state index is 0.0771. The molecular formula is C62H48N2O2. The molecule has 0 saturated heterocycles. The molecule has 13 rings (SSSR count). The van der Waals surface area contributed by atoms with Crippen LogP contribution in [0.25, 0.3) is 121 Å². The van der Waals surface area contributed by atoms with Gasteiger partial charge in [-0.3, -0.25) is 0 Å². The lowest BCUT2D eigenvalue weighted by Crippen LogP contribution is -2.18. The quantitative estimate of drug-likeness (QED) is 0.160. The molecule has 0 radical (unpaired) electrons. The van der Waals surface area contributed by atoms with Crippen molar-refractivity contribution in [2.45, 2.75) is 46.5 Å². The summed E-state index contributed by atoms with van der Waals surface area (Å²) in [5, 5.41) is 9.46. The van der Waals surface area contributed by atoms with Gasteiger partial charge in [0.1, 0.15) is 22.3 Å². The second-order valence-electron chi connectivity index (χ2n) is 19.3. The van der Waals surface area contributed by atoms with E-state index in [1.807, 2.05) is 0 Å². The summed E-state index contributed by atoms with van der Waals surface area (Å²) in [6, 6.07) is 68.8. The molecule has 4 heteroatoms. The first-order valence-electron chi connectivity index (χ1n) is 23.3. The van der Waals surface area contributed by atoms with Crippen molar-refractivity contribution in [2.75, 3.05) is 0 Å². The Morgan fingerprint density at radius 2 is 0.742 bits per heavy atom. The van der Waals surface area contributed by atoms with Crippen molar-refractivity contribution in [2.24, 2.45) is 5.41 Å². The van der Waals surface area contributed by atoms with Crippen molar-refractivity contribution in [3.05, 3.63) is 194 Å². The van der Waals surface area contributed by atoms with Crippen LogP contribution >= 0.6 is 0 Å². The number of hydrogen-bond acceptors (Lipinski definition) is 2. The van der Waals surface area contributed by atoms with Gasteiger partial charge >= 0.3 is 0 Å². The normalized spacial score (nSPS) is 12.9. The average molecular weight is 853 g/mol. The molecule has 0 amide bonds. The first-order valence-corrected chi connectivity index (χ1v) is 23.3. The van der Waals surface area contributed by atoms with Crippen LogP contribution in [0.1, 0.15) is 52.0 Å². The largest absolute Gasteiger partial charge is 0.456 e. The van der Waals surface area contributed by atoms with Crippen molar-refractivity contribution in [3.63, 3.8) is 0 Å². The van der Waals surface area contributed by atoms with Gasteiger partial charge in [0.15, 0.2) is 0 Å². The number of hydrogen-bond donors (Lipinski definition) is 0. The average Bonchev–Trinajstić information content (AvgIpc) is 4.09. The first kappa shape index (κ1) is 38.6. The van der Waals surface area contributed by atoms with Gasteiger partial charge in [-0.2, -0.15) is 0 Å². The van der Waals surface area contributed by atoms with E-state index in [2.05, 4.69) is 225 Å². The van der Waals surface area contributed by atoms with Crippen molar-refractivity contribution >= 4 is 87.5 Å². The van der Waals surface area contributed by atoms with E-state index in [0.717, 1.165) is 68.1 Å².